The predicted molar refractivity (Wildman–Crippen MR) is 145 cm³/mol. The smallest absolute Gasteiger partial charge is 0.344 e. The molecule has 8 nitrogen and oxygen atoms in total. The molecule has 0 aliphatic carbocycles. The summed E-state index contributed by atoms with van der Waals surface area (Å²) in [6, 6.07) is 6.71. The number of urea groups is 1. The fourth-order valence-electron chi connectivity index (χ4n) is 4.54. The largest absolute Gasteiger partial charge is 0.479 e. The van der Waals surface area contributed by atoms with Gasteiger partial charge < -0.3 is 20.1 Å². The van der Waals surface area contributed by atoms with Crippen LogP contribution < -0.4 is 15.0 Å². The van der Waals surface area contributed by atoms with Crippen molar-refractivity contribution in [1.29, 1.82) is 0 Å². The van der Waals surface area contributed by atoms with Gasteiger partial charge in [0, 0.05) is 42.4 Å². The Kier molecular flexibility index (Phi) is 8.95. The van der Waals surface area contributed by atoms with Gasteiger partial charge in [-0.15, -0.1) is 0 Å². The second-order valence-corrected chi connectivity index (χ2v) is 10.0. The van der Waals surface area contributed by atoms with Gasteiger partial charge in [-0.3, -0.25) is 9.69 Å². The average Bonchev–Trinajstić information content (AvgIpc) is 2.94. The van der Waals surface area contributed by atoms with Gasteiger partial charge >= 0.3 is 12.0 Å². The zero-order valence-electron chi connectivity index (χ0n) is 22.7. The van der Waals surface area contributed by atoms with Gasteiger partial charge in [0.2, 0.25) is 0 Å². The molecule has 222 valence electrons. The van der Waals surface area contributed by atoms with Gasteiger partial charge in [-0.1, -0.05) is 24.6 Å². The van der Waals surface area contributed by atoms with Crippen molar-refractivity contribution in [3.05, 3.63) is 93.0 Å². The number of benzene rings is 3. The first-order valence-electron chi connectivity index (χ1n) is 12.8. The van der Waals surface area contributed by atoms with E-state index in [-0.39, 0.29) is 34.0 Å². The maximum absolute atomic E-state index is 15.0. The van der Waals surface area contributed by atoms with Crippen LogP contribution in [0.4, 0.5) is 28.0 Å². The Morgan fingerprint density at radius 3 is 2.33 bits per heavy atom. The molecule has 2 unspecified atom stereocenters. The van der Waals surface area contributed by atoms with Crippen LogP contribution in [-0.2, 0) is 17.9 Å². The number of ether oxygens (including phenoxy) is 1. The Bertz CT molecular complexity index is 1550. The number of carboxylic acids is 1. The van der Waals surface area contributed by atoms with Crippen molar-refractivity contribution in [1.82, 2.24) is 10.2 Å². The SMILES string of the molecule is CCC(Oc1ccc(F)c(CN2C(=O)N(C)C(C)c3ccc(C(=O)NCc4c(F)cc(F)cc4F)cc32)c1Cl)C(=O)O. The maximum atomic E-state index is 15.0. The van der Waals surface area contributed by atoms with E-state index < -0.39 is 72.0 Å². The van der Waals surface area contributed by atoms with Gasteiger partial charge in [-0.2, -0.15) is 0 Å². The minimum Gasteiger partial charge on any atom is -0.479 e. The quantitative estimate of drug-likeness (QED) is 0.282. The number of carbonyl (C=O) groups is 3. The average molecular weight is 608 g/mol. The third-order valence-electron chi connectivity index (χ3n) is 7.06. The van der Waals surface area contributed by atoms with Crippen LogP contribution in [0, 0.1) is 23.3 Å². The topological polar surface area (TPSA) is 99.2 Å². The molecule has 0 aromatic heterocycles. The summed E-state index contributed by atoms with van der Waals surface area (Å²) in [4.78, 5) is 40.4. The van der Waals surface area contributed by atoms with E-state index in [1.807, 2.05) is 0 Å². The third-order valence-corrected chi connectivity index (χ3v) is 7.48. The maximum Gasteiger partial charge on any atom is 0.344 e. The highest BCUT2D eigenvalue weighted by Gasteiger charge is 2.35. The van der Waals surface area contributed by atoms with Crippen LogP contribution in [0.15, 0.2) is 42.5 Å². The van der Waals surface area contributed by atoms with Crippen molar-refractivity contribution in [2.24, 2.45) is 0 Å². The highest BCUT2D eigenvalue weighted by Crippen LogP contribution is 2.39. The van der Waals surface area contributed by atoms with Crippen molar-refractivity contribution in [2.45, 2.75) is 45.5 Å². The van der Waals surface area contributed by atoms with Crippen LogP contribution >= 0.6 is 11.6 Å². The second-order valence-electron chi connectivity index (χ2n) is 9.65. The molecule has 2 atom stereocenters. The summed E-state index contributed by atoms with van der Waals surface area (Å²) in [6.07, 6.45) is -1.12. The predicted octanol–water partition coefficient (Wildman–Crippen LogP) is 6.20. The van der Waals surface area contributed by atoms with Crippen molar-refractivity contribution in [3.63, 3.8) is 0 Å². The molecule has 0 saturated heterocycles. The molecule has 13 heteroatoms. The third kappa shape index (κ3) is 5.98. The lowest BCUT2D eigenvalue weighted by atomic mass is 9.98. The number of carboxylic acid groups (broad SMARTS) is 1. The van der Waals surface area contributed by atoms with Gasteiger partial charge in [0.1, 0.15) is 29.0 Å². The summed E-state index contributed by atoms with van der Waals surface area (Å²) in [6.45, 7) is 2.38. The molecule has 0 radical (unpaired) electrons. The van der Waals surface area contributed by atoms with Gasteiger partial charge in [-0.05, 0) is 43.2 Å². The molecule has 1 heterocycles. The number of fused-ring (bicyclic) bond motifs is 1. The van der Waals surface area contributed by atoms with Gasteiger partial charge in [0.25, 0.3) is 5.91 Å². The van der Waals surface area contributed by atoms with Crippen LogP contribution in [-0.4, -0.2) is 41.1 Å². The summed E-state index contributed by atoms with van der Waals surface area (Å²) in [5.41, 5.74) is 0.229. The fraction of sp³-hybridized carbons (Fsp3) is 0.276. The molecule has 42 heavy (non-hydrogen) atoms. The summed E-state index contributed by atoms with van der Waals surface area (Å²) >= 11 is 6.44. The van der Waals surface area contributed by atoms with Crippen molar-refractivity contribution in [3.8, 4) is 5.75 Å². The Morgan fingerprint density at radius 2 is 1.71 bits per heavy atom. The monoisotopic (exact) mass is 607 g/mol. The lowest BCUT2D eigenvalue weighted by Gasteiger charge is -2.40. The standard InChI is InChI=1S/C29H26ClF4N3O5/c1-4-24(28(39)40)42-25-8-7-20(32)19(26(25)30)13-37-23-9-15(5-6-17(23)14(2)36(3)29(37)41)27(38)35-12-18-21(33)10-16(31)11-22(18)34/h5-11,14,24H,4,12-13H2,1-3H3,(H,35,38)(H,39,40). The van der Waals surface area contributed by atoms with E-state index in [1.165, 1.54) is 28.0 Å². The summed E-state index contributed by atoms with van der Waals surface area (Å²) in [5.74, 6) is -6.24. The Hall–Kier alpha value is -4.32. The Morgan fingerprint density at radius 1 is 1.05 bits per heavy atom. The number of hydrogen-bond donors (Lipinski definition) is 2. The normalized spacial score (nSPS) is 15.3. The first-order valence-corrected chi connectivity index (χ1v) is 13.2. The first-order chi connectivity index (χ1) is 19.8. The van der Waals surface area contributed by atoms with E-state index in [4.69, 9.17) is 16.3 Å². The number of halogens is 5. The summed E-state index contributed by atoms with van der Waals surface area (Å²) in [5, 5.41) is 11.5. The molecule has 4 rings (SSSR count). The van der Waals surface area contributed by atoms with E-state index >= 15 is 4.39 Å². The lowest BCUT2D eigenvalue weighted by molar-refractivity contribution is -0.145. The molecule has 3 amide bonds. The fourth-order valence-corrected chi connectivity index (χ4v) is 4.79. The number of carbonyl (C=O) groups excluding carboxylic acids is 2. The summed E-state index contributed by atoms with van der Waals surface area (Å²) in [7, 11) is 1.55. The molecule has 0 fully saturated rings. The van der Waals surface area contributed by atoms with Gasteiger partial charge in [0.05, 0.1) is 23.3 Å². The number of hydrogen-bond acceptors (Lipinski definition) is 4. The van der Waals surface area contributed by atoms with Gasteiger partial charge in [-0.25, -0.2) is 27.2 Å². The molecule has 3 aromatic rings. The number of nitrogens with zero attached hydrogens (tertiary/aromatic N) is 2. The van der Waals surface area contributed by atoms with Crippen LogP contribution in [0.25, 0.3) is 0 Å². The number of aliphatic carboxylic acids is 1. The van der Waals surface area contributed by atoms with Crippen molar-refractivity contribution < 1.29 is 41.8 Å². The minimum atomic E-state index is -1.23. The van der Waals surface area contributed by atoms with E-state index in [9.17, 15) is 32.7 Å². The first kappa shape index (κ1) is 30.6. The minimum absolute atomic E-state index is 0.0297. The molecule has 0 spiro atoms. The van der Waals surface area contributed by atoms with Gasteiger partial charge in [0.15, 0.2) is 6.10 Å². The Labute approximate surface area is 243 Å². The lowest BCUT2D eigenvalue weighted by Crippen LogP contribution is -2.46. The second kappa shape index (κ2) is 12.3. The van der Waals surface area contributed by atoms with Crippen molar-refractivity contribution >= 4 is 35.2 Å². The van der Waals surface area contributed by atoms with Crippen LogP contribution in [0.2, 0.25) is 5.02 Å². The van der Waals surface area contributed by atoms with E-state index in [2.05, 4.69) is 5.32 Å². The molecule has 2 N–H and O–H groups in total. The van der Waals surface area contributed by atoms with E-state index in [1.54, 1.807) is 27.0 Å². The van der Waals surface area contributed by atoms with Crippen LogP contribution in [0.1, 0.15) is 53.4 Å². The van der Waals surface area contributed by atoms with E-state index in [0.717, 1.165) is 6.07 Å². The number of rotatable bonds is 9. The molecule has 1 aliphatic heterocycles. The number of nitrogens with one attached hydrogen (secondary N) is 1. The molecule has 1 aliphatic rings. The molecular weight excluding hydrogens is 582 g/mol. The van der Waals surface area contributed by atoms with Crippen molar-refractivity contribution in [2.75, 3.05) is 11.9 Å². The summed E-state index contributed by atoms with van der Waals surface area (Å²) < 4.78 is 61.8. The molecule has 0 bridgehead atoms. The van der Waals surface area contributed by atoms with E-state index in [0.29, 0.717) is 17.7 Å². The number of anilines is 1. The molecule has 0 saturated carbocycles. The van der Waals surface area contributed by atoms with Crippen LogP contribution in [0.3, 0.4) is 0 Å². The highest BCUT2D eigenvalue weighted by atomic mass is 35.5. The molecule has 3 aromatic carbocycles. The highest BCUT2D eigenvalue weighted by molar-refractivity contribution is 6.33. The zero-order chi connectivity index (χ0) is 30.9. The zero-order valence-corrected chi connectivity index (χ0v) is 23.4. The Balaban J connectivity index is 1.67. The number of amides is 3. The van der Waals surface area contributed by atoms with Crippen LogP contribution in [0.5, 0.6) is 5.75 Å². The molecular formula is C29H26ClF4N3O5.